The van der Waals surface area contributed by atoms with Gasteiger partial charge in [-0.15, -0.1) is 0 Å². The molecule has 2 aliphatic heterocycles. The zero-order chi connectivity index (χ0) is 22.5. The van der Waals surface area contributed by atoms with E-state index in [1.807, 2.05) is 30.1 Å². The summed E-state index contributed by atoms with van der Waals surface area (Å²) >= 11 is 0. The molecule has 1 fully saturated rings. The number of carbonyl (C=O) groups is 1. The maximum Gasteiger partial charge on any atom is 0.235 e. The Balaban J connectivity index is 1.44. The highest BCUT2D eigenvalue weighted by atomic mass is 16.5. The summed E-state index contributed by atoms with van der Waals surface area (Å²) in [6.45, 7) is 2.22. The number of hydrogen-bond acceptors (Lipinski definition) is 5. The van der Waals surface area contributed by atoms with E-state index in [4.69, 9.17) is 4.74 Å². The van der Waals surface area contributed by atoms with E-state index in [-0.39, 0.29) is 22.9 Å². The van der Waals surface area contributed by atoms with Crippen molar-refractivity contribution >= 4 is 28.6 Å². The first-order valence-corrected chi connectivity index (χ1v) is 11.2. The molecule has 0 spiro atoms. The average Bonchev–Trinajstić information content (AvgIpc) is 3.54. The van der Waals surface area contributed by atoms with Gasteiger partial charge in [-0.1, -0.05) is 18.2 Å². The third-order valence-corrected chi connectivity index (χ3v) is 6.50. The van der Waals surface area contributed by atoms with Gasteiger partial charge in [0.1, 0.15) is 22.7 Å². The molecule has 0 aliphatic carbocycles. The van der Waals surface area contributed by atoms with Crippen molar-refractivity contribution in [1.29, 1.82) is 0 Å². The monoisotopic (exact) mass is 437 g/mol. The fraction of sp³-hybridized carbons (Fsp3) is 0.185. The van der Waals surface area contributed by atoms with Crippen LogP contribution >= 0.6 is 0 Å². The van der Waals surface area contributed by atoms with Crippen LogP contribution in [0.5, 0.6) is 11.5 Å². The number of nitrogens with zero attached hydrogens (tertiary/aromatic N) is 3. The minimum atomic E-state index is -0.319. The summed E-state index contributed by atoms with van der Waals surface area (Å²) in [5.41, 5.74) is 5.27. The number of anilines is 1. The molecule has 0 atom stereocenters. The van der Waals surface area contributed by atoms with Crippen molar-refractivity contribution in [3.8, 4) is 22.6 Å². The maximum absolute atomic E-state index is 12.9. The number of phenols is 1. The highest BCUT2D eigenvalue weighted by molar-refractivity contribution is 6.17. The lowest BCUT2D eigenvalue weighted by Gasteiger charge is -2.18. The molecule has 2 aromatic heterocycles. The third-order valence-electron chi connectivity index (χ3n) is 6.50. The van der Waals surface area contributed by atoms with Crippen molar-refractivity contribution in [2.24, 2.45) is 7.05 Å². The number of carbonyl (C=O) groups excluding carboxylic acids is 1. The van der Waals surface area contributed by atoms with Gasteiger partial charge in [0, 0.05) is 49.2 Å². The second kappa shape index (κ2) is 7.52. The largest absolute Gasteiger partial charge is 0.507 e. The number of phenolic OH excluding ortho intramolecular Hbond substituents is 1. The van der Waals surface area contributed by atoms with E-state index < -0.39 is 0 Å². The summed E-state index contributed by atoms with van der Waals surface area (Å²) in [6, 6.07) is 15.5. The van der Waals surface area contributed by atoms with Crippen molar-refractivity contribution in [2.75, 3.05) is 18.0 Å². The fourth-order valence-corrected chi connectivity index (χ4v) is 4.87. The lowest BCUT2D eigenvalue weighted by molar-refractivity contribution is 0.101. The number of aromatic nitrogens is 2. The lowest BCUT2D eigenvalue weighted by Crippen LogP contribution is -2.17. The molecule has 33 heavy (non-hydrogen) atoms. The topological polar surface area (TPSA) is 67.6 Å². The smallest absolute Gasteiger partial charge is 0.235 e. The number of aromatic hydroxyl groups is 1. The van der Waals surface area contributed by atoms with Gasteiger partial charge >= 0.3 is 0 Å². The Morgan fingerprint density at radius 2 is 1.85 bits per heavy atom. The van der Waals surface area contributed by atoms with Crippen molar-refractivity contribution < 1.29 is 14.6 Å². The minimum absolute atomic E-state index is 0.0701. The van der Waals surface area contributed by atoms with Gasteiger partial charge in [-0.2, -0.15) is 0 Å². The Morgan fingerprint density at radius 1 is 1.06 bits per heavy atom. The van der Waals surface area contributed by atoms with Gasteiger partial charge < -0.3 is 19.3 Å². The number of ketones is 1. The van der Waals surface area contributed by atoms with Crippen LogP contribution < -0.4 is 9.64 Å². The molecule has 6 nitrogen and oxygen atoms in total. The fourth-order valence-electron chi connectivity index (χ4n) is 4.87. The van der Waals surface area contributed by atoms with Crippen LogP contribution in [0.3, 0.4) is 0 Å². The van der Waals surface area contributed by atoms with Crippen LogP contribution in [0.1, 0.15) is 28.8 Å². The van der Waals surface area contributed by atoms with Crippen LogP contribution in [-0.2, 0) is 7.05 Å². The highest BCUT2D eigenvalue weighted by Crippen LogP contribution is 2.39. The summed E-state index contributed by atoms with van der Waals surface area (Å²) in [5.74, 6) is 0.181. The number of hydrogen-bond donors (Lipinski definition) is 1. The van der Waals surface area contributed by atoms with Crippen LogP contribution in [0.2, 0.25) is 0 Å². The number of Topliss-reactive ketones (excluding diaryl/α,β-unsaturated/α-hetero) is 1. The van der Waals surface area contributed by atoms with Crippen LogP contribution in [0, 0.1) is 0 Å². The maximum atomic E-state index is 12.9. The number of pyridine rings is 1. The number of rotatable bonds is 3. The Hall–Kier alpha value is -4.06. The Morgan fingerprint density at radius 3 is 2.61 bits per heavy atom. The molecule has 4 aromatic rings. The zero-order valence-corrected chi connectivity index (χ0v) is 18.3. The van der Waals surface area contributed by atoms with Gasteiger partial charge in [-0.3, -0.25) is 4.79 Å². The Labute approximate surface area is 191 Å². The molecule has 2 aliphatic rings. The molecular formula is C27H23N3O3. The summed E-state index contributed by atoms with van der Waals surface area (Å²) in [6.07, 6.45) is 8.00. The summed E-state index contributed by atoms with van der Waals surface area (Å²) in [7, 11) is 1.94. The van der Waals surface area contributed by atoms with E-state index >= 15 is 0 Å². The molecule has 0 radical (unpaired) electrons. The summed E-state index contributed by atoms with van der Waals surface area (Å²) < 4.78 is 7.75. The highest BCUT2D eigenvalue weighted by Gasteiger charge is 2.30. The first kappa shape index (κ1) is 19.6. The first-order chi connectivity index (χ1) is 16.1. The first-order valence-electron chi connectivity index (χ1n) is 11.2. The lowest BCUT2D eigenvalue weighted by atomic mass is 10.00. The molecule has 0 unspecified atom stereocenters. The second-order valence-corrected chi connectivity index (χ2v) is 8.58. The zero-order valence-electron chi connectivity index (χ0n) is 18.3. The second-order valence-electron chi connectivity index (χ2n) is 8.58. The van der Waals surface area contributed by atoms with Crippen LogP contribution in [0.15, 0.2) is 66.7 Å². The normalized spacial score (nSPS) is 16.6. The molecule has 6 heteroatoms. The van der Waals surface area contributed by atoms with E-state index in [0.717, 1.165) is 40.8 Å². The van der Waals surface area contributed by atoms with Crippen molar-refractivity contribution in [2.45, 2.75) is 12.8 Å². The van der Waals surface area contributed by atoms with E-state index in [9.17, 15) is 9.90 Å². The number of allylic oxidation sites excluding steroid dienone is 1. The predicted octanol–water partition coefficient (Wildman–Crippen LogP) is 5.16. The average molecular weight is 437 g/mol. The SMILES string of the molecule is Cn1cc(/C=C2\Oc3cccc(O)c3C2=O)c2c(-c3ccc(N4CCCC4)cc3)ccnc21. The van der Waals surface area contributed by atoms with Gasteiger partial charge in [0.25, 0.3) is 0 Å². The summed E-state index contributed by atoms with van der Waals surface area (Å²) in [5, 5.41) is 11.1. The summed E-state index contributed by atoms with van der Waals surface area (Å²) in [4.78, 5) is 19.9. The quantitative estimate of drug-likeness (QED) is 0.448. The molecule has 0 saturated carbocycles. The molecule has 2 aromatic carbocycles. The molecule has 1 saturated heterocycles. The number of ether oxygens (including phenoxy) is 1. The van der Waals surface area contributed by atoms with Crippen molar-refractivity contribution in [3.63, 3.8) is 0 Å². The van der Waals surface area contributed by atoms with Gasteiger partial charge in [0.05, 0.1) is 0 Å². The van der Waals surface area contributed by atoms with E-state index in [0.29, 0.717) is 5.75 Å². The Bertz CT molecular complexity index is 1430. The molecular weight excluding hydrogens is 414 g/mol. The molecule has 1 N–H and O–H groups in total. The van der Waals surface area contributed by atoms with E-state index in [2.05, 4.69) is 34.1 Å². The van der Waals surface area contributed by atoms with E-state index in [1.165, 1.54) is 24.6 Å². The molecule has 6 rings (SSSR count). The van der Waals surface area contributed by atoms with Gasteiger partial charge in [0.2, 0.25) is 5.78 Å². The van der Waals surface area contributed by atoms with Crippen LogP contribution in [0.4, 0.5) is 5.69 Å². The van der Waals surface area contributed by atoms with E-state index in [1.54, 1.807) is 18.2 Å². The van der Waals surface area contributed by atoms with Gasteiger partial charge in [-0.25, -0.2) is 4.98 Å². The Kier molecular flexibility index (Phi) is 4.47. The number of aryl methyl sites for hydroxylation is 1. The minimum Gasteiger partial charge on any atom is -0.507 e. The van der Waals surface area contributed by atoms with Crippen molar-refractivity contribution in [1.82, 2.24) is 9.55 Å². The molecule has 4 heterocycles. The van der Waals surface area contributed by atoms with Gasteiger partial charge in [0.15, 0.2) is 5.76 Å². The van der Waals surface area contributed by atoms with Crippen LogP contribution in [0.25, 0.3) is 28.2 Å². The van der Waals surface area contributed by atoms with Crippen molar-refractivity contribution in [3.05, 3.63) is 77.8 Å². The predicted molar refractivity (Wildman–Crippen MR) is 129 cm³/mol. The molecule has 0 bridgehead atoms. The molecule has 0 amide bonds. The standard InChI is InChI=1S/C27H23N3O3/c1-29-16-18(15-23-26(32)25-21(31)5-4-6-22(25)33-23)24-20(11-12-28-27(24)29)17-7-9-19(10-8-17)30-13-2-3-14-30/h4-12,15-16,31H,2-3,13-14H2,1H3/b23-15-. The van der Waals surface area contributed by atoms with Crippen LogP contribution in [-0.4, -0.2) is 33.5 Å². The number of fused-ring (bicyclic) bond motifs is 2. The molecule has 164 valence electrons. The van der Waals surface area contributed by atoms with Gasteiger partial charge in [-0.05, 0) is 60.4 Å². The third kappa shape index (κ3) is 3.18. The number of benzene rings is 2.